The highest BCUT2D eigenvalue weighted by molar-refractivity contribution is 8.23. The van der Waals surface area contributed by atoms with E-state index in [1.165, 1.54) is 5.56 Å². The normalized spacial score (nSPS) is 9.68. The summed E-state index contributed by atoms with van der Waals surface area (Å²) in [5.41, 5.74) is 1.83. The smallest absolute Gasteiger partial charge is 0.253 e. The van der Waals surface area contributed by atoms with E-state index in [-0.39, 0.29) is 0 Å². The van der Waals surface area contributed by atoms with Gasteiger partial charge >= 0.3 is 0 Å². The molecule has 1 aromatic carbocycles. The number of benzene rings is 1. The van der Waals surface area contributed by atoms with Crippen molar-refractivity contribution in [2.75, 3.05) is 0 Å². The van der Waals surface area contributed by atoms with Crippen molar-refractivity contribution in [3.8, 4) is 0 Å². The molecule has 4 heteroatoms. The van der Waals surface area contributed by atoms with Crippen LogP contribution in [0.4, 0.5) is 0 Å². The molecule has 0 atom stereocenters. The summed E-state index contributed by atoms with van der Waals surface area (Å²) < 4.78 is 2.49. The number of thioether (sulfide) groups is 1. The Morgan fingerprint density at radius 3 is 2.37 bits per heavy atom. The average Bonchev–Trinajstić information content (AvgIpc) is 2.48. The van der Waals surface area contributed by atoms with Gasteiger partial charge in [-0.15, -0.1) is 11.8 Å². The van der Waals surface area contributed by atoms with Gasteiger partial charge in [-0.05, 0) is 5.56 Å². The van der Waals surface area contributed by atoms with Gasteiger partial charge in [0, 0.05) is 17.9 Å². The van der Waals surface area contributed by atoms with Crippen LogP contribution in [0.2, 0.25) is 0 Å². The van der Waals surface area contributed by atoms with Gasteiger partial charge in [-0.1, -0.05) is 48.6 Å². The quantitative estimate of drug-likeness (QED) is 0.404. The Hall–Kier alpha value is -1.74. The molecule has 19 heavy (non-hydrogen) atoms. The van der Waals surface area contributed by atoms with Crippen molar-refractivity contribution in [1.82, 2.24) is 0 Å². The molecule has 0 fully saturated rings. The Morgan fingerprint density at radius 2 is 1.74 bits per heavy atom. The van der Waals surface area contributed by atoms with Gasteiger partial charge in [0.25, 0.3) is 5.70 Å². The Kier molecular flexibility index (Phi) is 5.04. The molecule has 0 aliphatic rings. The van der Waals surface area contributed by atoms with Crippen molar-refractivity contribution < 1.29 is 4.57 Å². The third kappa shape index (κ3) is 3.86. The fraction of sp³-hybridized carbons (Fsp3) is 0.0667. The highest BCUT2D eigenvalue weighted by Gasteiger charge is 2.16. The molecule has 0 bridgehead atoms. The molecule has 2 nitrogen and oxygen atoms in total. The molecule has 2 aromatic rings. The van der Waals surface area contributed by atoms with Gasteiger partial charge in [0.1, 0.15) is 0 Å². The Labute approximate surface area is 122 Å². The van der Waals surface area contributed by atoms with E-state index in [0.717, 1.165) is 5.75 Å². The van der Waals surface area contributed by atoms with Crippen LogP contribution in [-0.4, -0.2) is 10.1 Å². The molecule has 0 unspecified atom stereocenters. The van der Waals surface area contributed by atoms with Crippen LogP contribution in [0.3, 0.4) is 0 Å². The molecular formula is C15H13N2S2+. The molecular weight excluding hydrogens is 272 g/mol. The summed E-state index contributed by atoms with van der Waals surface area (Å²) >= 11 is 6.93. The second kappa shape index (κ2) is 7.00. The van der Waals surface area contributed by atoms with Crippen LogP contribution in [0.1, 0.15) is 5.56 Å². The first-order valence-corrected chi connectivity index (χ1v) is 7.18. The van der Waals surface area contributed by atoms with Gasteiger partial charge in [-0.2, -0.15) is 4.57 Å². The molecule has 0 aliphatic carbocycles. The Bertz CT molecular complexity index is 603. The first-order valence-electron chi connectivity index (χ1n) is 5.78. The molecule has 0 aliphatic heterocycles. The third-order valence-corrected chi connectivity index (χ3v) is 3.98. The van der Waals surface area contributed by atoms with Gasteiger partial charge < -0.3 is 0 Å². The van der Waals surface area contributed by atoms with Crippen molar-refractivity contribution >= 4 is 39.7 Å². The van der Waals surface area contributed by atoms with E-state index in [0.29, 0.717) is 9.89 Å². The summed E-state index contributed by atoms with van der Waals surface area (Å²) in [6.45, 7) is 0. The van der Waals surface area contributed by atoms with Crippen LogP contribution >= 0.6 is 24.0 Å². The average molecular weight is 285 g/mol. The number of rotatable bonds is 4. The zero-order valence-electron chi connectivity index (χ0n) is 10.2. The van der Waals surface area contributed by atoms with Crippen LogP contribution in [0, 0.1) is 5.41 Å². The highest BCUT2D eigenvalue weighted by atomic mass is 32.2. The van der Waals surface area contributed by atoms with Crippen molar-refractivity contribution in [3.05, 3.63) is 66.5 Å². The largest absolute Gasteiger partial charge is 0.297 e. The molecule has 0 saturated heterocycles. The maximum Gasteiger partial charge on any atom is 0.297 e. The zero-order chi connectivity index (χ0) is 13.5. The standard InChI is InChI=1S/C15H13N2S2/c16-11-14(17-9-5-2-6-10-17)15(18)19-12-13-7-3-1-4-8-13/h1-10,16H,12H2/q+1. The van der Waals surface area contributed by atoms with E-state index in [1.807, 2.05) is 53.4 Å². The van der Waals surface area contributed by atoms with Crippen molar-refractivity contribution in [2.45, 2.75) is 5.75 Å². The lowest BCUT2D eigenvalue weighted by Gasteiger charge is -2.02. The van der Waals surface area contributed by atoms with Crippen LogP contribution in [0.15, 0.2) is 60.9 Å². The van der Waals surface area contributed by atoms with E-state index < -0.39 is 0 Å². The molecule has 0 spiro atoms. The van der Waals surface area contributed by atoms with Crippen LogP contribution in [0.5, 0.6) is 0 Å². The molecule has 94 valence electrons. The minimum absolute atomic E-state index is 0.608. The van der Waals surface area contributed by atoms with Gasteiger partial charge in [0.15, 0.2) is 16.6 Å². The van der Waals surface area contributed by atoms with E-state index in [2.05, 4.69) is 18.0 Å². The third-order valence-electron chi connectivity index (χ3n) is 2.50. The number of nitrogens with one attached hydrogen (secondary N) is 1. The fourth-order valence-electron chi connectivity index (χ4n) is 1.56. The second-order valence-corrected chi connectivity index (χ2v) is 5.47. The minimum Gasteiger partial charge on any atom is -0.253 e. The summed E-state index contributed by atoms with van der Waals surface area (Å²) in [5.74, 6) is 3.23. The van der Waals surface area contributed by atoms with Crippen LogP contribution in [0.25, 0.3) is 5.70 Å². The van der Waals surface area contributed by atoms with Gasteiger partial charge in [-0.25, -0.2) is 0 Å². The summed E-state index contributed by atoms with van der Waals surface area (Å²) in [5, 5.41) is 7.40. The van der Waals surface area contributed by atoms with Crippen LogP contribution in [-0.2, 0) is 5.75 Å². The minimum atomic E-state index is 0.608. The lowest BCUT2D eigenvalue weighted by Crippen LogP contribution is -2.34. The van der Waals surface area contributed by atoms with Crippen LogP contribution < -0.4 is 4.57 Å². The number of hydrogen-bond acceptors (Lipinski definition) is 3. The summed E-state index contributed by atoms with van der Waals surface area (Å²) in [7, 11) is 0. The molecule has 0 amide bonds. The monoisotopic (exact) mass is 285 g/mol. The topological polar surface area (TPSA) is 27.7 Å². The second-order valence-electron chi connectivity index (χ2n) is 3.82. The van der Waals surface area contributed by atoms with Crippen molar-refractivity contribution in [3.63, 3.8) is 0 Å². The number of aromatic nitrogens is 1. The van der Waals surface area contributed by atoms with Gasteiger partial charge in [-0.3, -0.25) is 5.41 Å². The highest BCUT2D eigenvalue weighted by Crippen LogP contribution is 2.17. The molecule has 1 heterocycles. The van der Waals surface area contributed by atoms with E-state index in [1.54, 1.807) is 11.8 Å². The molecule has 1 N–H and O–H groups in total. The summed E-state index contributed by atoms with van der Waals surface area (Å²) in [6.07, 6.45) is 3.73. The van der Waals surface area contributed by atoms with Gasteiger partial charge in [0.05, 0.1) is 5.87 Å². The molecule has 0 radical (unpaired) electrons. The summed E-state index contributed by atoms with van der Waals surface area (Å²) in [4.78, 5) is 0. The predicted molar refractivity (Wildman–Crippen MR) is 84.4 cm³/mol. The van der Waals surface area contributed by atoms with Gasteiger partial charge in [0.2, 0.25) is 0 Å². The SMILES string of the molecule is N=C=C(C(=S)SCc1ccccc1)[n+]1ccccc1. The Morgan fingerprint density at radius 1 is 1.11 bits per heavy atom. The number of nitrogens with zero attached hydrogens (tertiary/aromatic N) is 1. The van der Waals surface area contributed by atoms with E-state index in [9.17, 15) is 0 Å². The van der Waals surface area contributed by atoms with Crippen molar-refractivity contribution in [1.29, 1.82) is 5.41 Å². The predicted octanol–water partition coefficient (Wildman–Crippen LogP) is 3.32. The van der Waals surface area contributed by atoms with E-state index in [4.69, 9.17) is 17.6 Å². The lowest BCUT2D eigenvalue weighted by molar-refractivity contribution is -0.574. The maximum absolute atomic E-state index is 7.40. The maximum atomic E-state index is 7.40. The number of thiocarbonyl (C=S) groups is 1. The lowest BCUT2D eigenvalue weighted by atomic mass is 10.2. The summed E-state index contributed by atoms with van der Waals surface area (Å²) in [6, 6.07) is 15.9. The zero-order valence-corrected chi connectivity index (χ0v) is 11.9. The van der Waals surface area contributed by atoms with E-state index >= 15 is 0 Å². The first-order chi connectivity index (χ1) is 9.31. The Balaban J connectivity index is 2.05. The first kappa shape index (κ1) is 13.7. The number of hydrogen-bond donors (Lipinski definition) is 1. The number of pyridine rings is 1. The fourth-order valence-corrected chi connectivity index (χ4v) is 2.68. The molecule has 2 rings (SSSR count). The molecule has 1 aromatic heterocycles. The molecule has 0 saturated carbocycles. The van der Waals surface area contributed by atoms with Crippen molar-refractivity contribution in [2.24, 2.45) is 0 Å².